The highest BCUT2D eigenvalue weighted by Gasteiger charge is 2.34. The summed E-state index contributed by atoms with van der Waals surface area (Å²) in [6, 6.07) is 0.271. The normalized spacial score (nSPS) is 16.4. The molecule has 0 spiro atoms. The number of nitrogens with zero attached hydrogens (tertiary/aromatic N) is 1. The zero-order chi connectivity index (χ0) is 20.7. The number of anilines is 3. The lowest BCUT2D eigenvalue weighted by Gasteiger charge is -2.29. The Labute approximate surface area is 175 Å². The number of benzene rings is 1. The van der Waals surface area contributed by atoms with Crippen LogP contribution in [0.5, 0.6) is 0 Å². The number of halogens is 1. The van der Waals surface area contributed by atoms with Crippen LogP contribution >= 0.6 is 12.4 Å². The van der Waals surface area contributed by atoms with Gasteiger partial charge in [-0.3, -0.25) is 9.52 Å². The monoisotopic (exact) mass is 432 g/mol. The molecule has 28 heavy (non-hydrogen) atoms. The first kappa shape index (κ1) is 24.5. The third-order valence-electron chi connectivity index (χ3n) is 5.05. The van der Waals surface area contributed by atoms with Crippen LogP contribution in [0.1, 0.15) is 57.7 Å². The first-order valence-corrected chi connectivity index (χ1v) is 10.9. The number of amides is 1. The maximum Gasteiger partial charge on any atom is 0.296 e. The summed E-state index contributed by atoms with van der Waals surface area (Å²) in [4.78, 5) is 15.0. The minimum atomic E-state index is -3.93. The van der Waals surface area contributed by atoms with Crippen molar-refractivity contribution in [1.82, 2.24) is 0 Å². The summed E-state index contributed by atoms with van der Waals surface area (Å²) in [6.45, 7) is 14.4. The fourth-order valence-corrected chi connectivity index (χ4v) is 4.17. The van der Waals surface area contributed by atoms with Crippen LogP contribution < -0.4 is 20.1 Å². The number of hydrogen-bond acceptors (Lipinski definition) is 4. The van der Waals surface area contributed by atoms with Gasteiger partial charge in [-0.15, -0.1) is 12.4 Å². The van der Waals surface area contributed by atoms with Gasteiger partial charge in [-0.1, -0.05) is 27.7 Å². The van der Waals surface area contributed by atoms with E-state index < -0.39 is 15.6 Å². The molecule has 1 atom stereocenters. The first-order valence-electron chi connectivity index (χ1n) is 9.32. The second-order valence-corrected chi connectivity index (χ2v) is 9.72. The van der Waals surface area contributed by atoms with Gasteiger partial charge in [0.2, 0.25) is 5.91 Å². The SMILES string of the molecule is CCCN1c2c(c(C)c(NS(N)(=O)=O)c(C)c2NC(=O)C(C)(C)C)CC1C.Cl. The summed E-state index contributed by atoms with van der Waals surface area (Å²) in [5.41, 5.74) is 4.13. The molecule has 0 aliphatic carbocycles. The molecule has 9 heteroatoms. The molecule has 1 aliphatic heterocycles. The quantitative estimate of drug-likeness (QED) is 0.662. The second-order valence-electron chi connectivity index (χ2n) is 8.42. The van der Waals surface area contributed by atoms with E-state index in [9.17, 15) is 13.2 Å². The van der Waals surface area contributed by atoms with Crippen molar-refractivity contribution in [3.63, 3.8) is 0 Å². The van der Waals surface area contributed by atoms with Crippen molar-refractivity contribution >= 4 is 45.6 Å². The molecule has 1 aromatic rings. The average Bonchev–Trinajstić information content (AvgIpc) is 2.83. The highest BCUT2D eigenvalue weighted by molar-refractivity contribution is 7.90. The molecule has 0 aromatic heterocycles. The molecule has 1 unspecified atom stereocenters. The van der Waals surface area contributed by atoms with Crippen molar-refractivity contribution in [2.45, 2.75) is 67.3 Å². The summed E-state index contributed by atoms with van der Waals surface area (Å²) < 4.78 is 25.8. The standard InChI is InChI=1S/C19H32N4O3S.ClH/c1-8-9-23-11(2)10-14-12(3)15(22-27(20,25)26)13(4)16(17(14)23)21-18(24)19(5,6)7;/h11,22H,8-10H2,1-7H3,(H,21,24)(H2,20,25,26);1H. The van der Waals surface area contributed by atoms with E-state index in [4.69, 9.17) is 5.14 Å². The van der Waals surface area contributed by atoms with Gasteiger partial charge in [0, 0.05) is 18.0 Å². The number of carbonyl (C=O) groups excluding carboxylic acids is 1. The van der Waals surface area contributed by atoms with E-state index in [1.165, 1.54) is 0 Å². The van der Waals surface area contributed by atoms with E-state index in [0.29, 0.717) is 16.9 Å². The number of rotatable bonds is 5. The van der Waals surface area contributed by atoms with Crippen LogP contribution in [-0.4, -0.2) is 26.9 Å². The Morgan fingerprint density at radius 3 is 2.25 bits per heavy atom. The molecule has 0 bridgehead atoms. The zero-order valence-corrected chi connectivity index (χ0v) is 19.4. The van der Waals surface area contributed by atoms with Crippen molar-refractivity contribution in [1.29, 1.82) is 0 Å². The lowest BCUT2D eigenvalue weighted by Crippen LogP contribution is -2.32. The Morgan fingerprint density at radius 1 is 1.21 bits per heavy atom. The van der Waals surface area contributed by atoms with Crippen LogP contribution in [0, 0.1) is 19.3 Å². The van der Waals surface area contributed by atoms with Gasteiger partial charge in [0.05, 0.1) is 17.1 Å². The van der Waals surface area contributed by atoms with Crippen LogP contribution in [0.2, 0.25) is 0 Å². The predicted molar refractivity (Wildman–Crippen MR) is 119 cm³/mol. The highest BCUT2D eigenvalue weighted by Crippen LogP contribution is 2.47. The van der Waals surface area contributed by atoms with Crippen LogP contribution in [0.3, 0.4) is 0 Å². The molecule has 1 amide bonds. The molecule has 0 saturated heterocycles. The fourth-order valence-electron chi connectivity index (χ4n) is 3.58. The molecule has 0 fully saturated rings. The Bertz CT molecular complexity index is 863. The summed E-state index contributed by atoms with van der Waals surface area (Å²) >= 11 is 0. The topological polar surface area (TPSA) is 105 Å². The highest BCUT2D eigenvalue weighted by atomic mass is 35.5. The van der Waals surface area contributed by atoms with Gasteiger partial charge in [0.15, 0.2) is 0 Å². The number of nitrogens with two attached hydrogens (primary N) is 1. The molecule has 0 radical (unpaired) electrons. The van der Waals surface area contributed by atoms with Crippen molar-refractivity contribution < 1.29 is 13.2 Å². The zero-order valence-electron chi connectivity index (χ0n) is 17.8. The summed E-state index contributed by atoms with van der Waals surface area (Å²) in [6.07, 6.45) is 1.77. The maximum absolute atomic E-state index is 12.7. The first-order chi connectivity index (χ1) is 12.3. The van der Waals surface area contributed by atoms with Gasteiger partial charge in [0.1, 0.15) is 0 Å². The van der Waals surface area contributed by atoms with E-state index >= 15 is 0 Å². The third kappa shape index (κ3) is 4.90. The van der Waals surface area contributed by atoms with Gasteiger partial charge < -0.3 is 10.2 Å². The van der Waals surface area contributed by atoms with E-state index in [0.717, 1.165) is 36.2 Å². The molecular weight excluding hydrogens is 400 g/mol. The maximum atomic E-state index is 12.7. The van der Waals surface area contributed by atoms with Gasteiger partial charge >= 0.3 is 0 Å². The van der Waals surface area contributed by atoms with E-state index in [1.54, 1.807) is 0 Å². The summed E-state index contributed by atoms with van der Waals surface area (Å²) in [5, 5.41) is 8.29. The molecule has 1 aliphatic rings. The average molecular weight is 433 g/mol. The second kappa shape index (κ2) is 8.47. The molecule has 7 nitrogen and oxygen atoms in total. The smallest absolute Gasteiger partial charge is 0.296 e. The van der Waals surface area contributed by atoms with Gasteiger partial charge in [0.25, 0.3) is 10.2 Å². The van der Waals surface area contributed by atoms with E-state index in [1.807, 2.05) is 34.6 Å². The largest absolute Gasteiger partial charge is 0.367 e. The Balaban J connectivity index is 0.00000392. The number of nitrogens with one attached hydrogen (secondary N) is 2. The summed E-state index contributed by atoms with van der Waals surface area (Å²) in [7, 11) is -3.93. The lowest BCUT2D eigenvalue weighted by atomic mass is 9.93. The van der Waals surface area contributed by atoms with E-state index in [-0.39, 0.29) is 24.4 Å². The van der Waals surface area contributed by atoms with Crippen LogP contribution in [-0.2, 0) is 21.4 Å². The van der Waals surface area contributed by atoms with Crippen molar-refractivity contribution in [3.05, 3.63) is 16.7 Å². The molecule has 1 aromatic carbocycles. The van der Waals surface area contributed by atoms with Crippen molar-refractivity contribution in [3.8, 4) is 0 Å². The molecule has 0 saturated carbocycles. The van der Waals surface area contributed by atoms with Crippen LogP contribution in [0.4, 0.5) is 17.1 Å². The van der Waals surface area contributed by atoms with Gasteiger partial charge in [-0.2, -0.15) is 8.42 Å². The van der Waals surface area contributed by atoms with Crippen LogP contribution in [0.15, 0.2) is 0 Å². The van der Waals surface area contributed by atoms with E-state index in [2.05, 4.69) is 28.8 Å². The van der Waals surface area contributed by atoms with Gasteiger partial charge in [-0.05, 0) is 50.3 Å². The molecule has 160 valence electrons. The minimum absolute atomic E-state index is 0. The lowest BCUT2D eigenvalue weighted by molar-refractivity contribution is -0.123. The molecule has 2 rings (SSSR count). The number of fused-ring (bicyclic) bond motifs is 1. The Kier molecular flexibility index (Phi) is 7.42. The molecule has 4 N–H and O–H groups in total. The third-order valence-corrected chi connectivity index (χ3v) is 5.54. The summed E-state index contributed by atoms with van der Waals surface area (Å²) in [5.74, 6) is -0.116. The number of carbonyl (C=O) groups is 1. The Hall–Kier alpha value is -1.51. The predicted octanol–water partition coefficient (Wildman–Crippen LogP) is 3.49. The molecule has 1 heterocycles. The van der Waals surface area contributed by atoms with Gasteiger partial charge in [-0.25, -0.2) is 5.14 Å². The molecular formula is C19H33ClN4O3S. The van der Waals surface area contributed by atoms with Crippen LogP contribution in [0.25, 0.3) is 0 Å². The number of hydrogen-bond donors (Lipinski definition) is 3. The fraction of sp³-hybridized carbons (Fsp3) is 0.632. The van der Waals surface area contributed by atoms with Crippen molar-refractivity contribution in [2.24, 2.45) is 10.6 Å². The Morgan fingerprint density at radius 2 is 1.79 bits per heavy atom. The minimum Gasteiger partial charge on any atom is -0.367 e. The van der Waals surface area contributed by atoms with Crippen molar-refractivity contribution in [2.75, 3.05) is 21.5 Å².